The number of hydrogen-bond donors (Lipinski definition) is 2. The first kappa shape index (κ1) is 9.92. The van der Waals surface area contributed by atoms with Crippen LogP contribution in [0.4, 0.5) is 0 Å². The molecule has 5 nitrogen and oxygen atoms in total. The summed E-state index contributed by atoms with van der Waals surface area (Å²) >= 11 is 0. The second-order valence-electron chi connectivity index (χ2n) is 3.69. The third kappa shape index (κ3) is 1.78. The molecule has 0 saturated carbocycles. The summed E-state index contributed by atoms with van der Waals surface area (Å²) in [5.41, 5.74) is 7.15. The van der Waals surface area contributed by atoms with E-state index in [4.69, 9.17) is 16.5 Å². The monoisotopic (exact) mass is 207 g/mol. The van der Waals surface area contributed by atoms with Crippen molar-refractivity contribution < 1.29 is 9.63 Å². The molecule has 4 N–H and O–H groups in total. The molecular weight excluding hydrogens is 194 g/mol. The van der Waals surface area contributed by atoms with Crippen molar-refractivity contribution in [3.8, 4) is 5.75 Å². The number of amides is 1. The van der Waals surface area contributed by atoms with Crippen molar-refractivity contribution in [2.75, 3.05) is 0 Å². The predicted octanol–water partition coefficient (Wildman–Crippen LogP) is -0.0757. The lowest BCUT2D eigenvalue weighted by atomic mass is 9.86. The first-order valence-electron chi connectivity index (χ1n) is 4.85. The molecule has 1 atom stereocenters. The predicted molar refractivity (Wildman–Crippen MR) is 53.8 cm³/mol. The summed E-state index contributed by atoms with van der Waals surface area (Å²) in [5.74, 6) is 5.34. The summed E-state index contributed by atoms with van der Waals surface area (Å²) in [7, 11) is 0. The van der Waals surface area contributed by atoms with E-state index in [0.29, 0.717) is 12.2 Å². The first-order chi connectivity index (χ1) is 7.22. The minimum atomic E-state index is -0.271. The summed E-state index contributed by atoms with van der Waals surface area (Å²) in [5, 5.41) is 0. The van der Waals surface area contributed by atoms with E-state index < -0.39 is 0 Å². The molecule has 1 unspecified atom stereocenters. The second-order valence-corrected chi connectivity index (χ2v) is 3.69. The van der Waals surface area contributed by atoms with Crippen molar-refractivity contribution in [1.29, 1.82) is 0 Å². The number of nitrogens with zero attached hydrogens (tertiary/aromatic N) is 1. The van der Waals surface area contributed by atoms with Crippen molar-refractivity contribution in [3.63, 3.8) is 0 Å². The standard InChI is InChI=1S/C10H13N3O2/c11-10(14)6-1-2-8-7(5-6)9(15-12)3-4-13-8/h3-4,6H,1-2,5,12H2,(H2,11,14). The number of carbonyl (C=O) groups excluding carboxylic acids is 1. The van der Waals surface area contributed by atoms with E-state index in [1.165, 1.54) is 0 Å². The molecule has 0 radical (unpaired) electrons. The highest BCUT2D eigenvalue weighted by atomic mass is 16.6. The highest BCUT2D eigenvalue weighted by Crippen LogP contribution is 2.30. The normalized spacial score (nSPS) is 19.4. The maximum Gasteiger partial charge on any atom is 0.220 e. The second kappa shape index (κ2) is 3.86. The van der Waals surface area contributed by atoms with Gasteiger partial charge in [-0.25, -0.2) is 0 Å². The van der Waals surface area contributed by atoms with Crippen LogP contribution in [0, 0.1) is 5.92 Å². The zero-order valence-corrected chi connectivity index (χ0v) is 8.27. The van der Waals surface area contributed by atoms with Crippen molar-refractivity contribution in [2.24, 2.45) is 17.5 Å². The number of rotatable bonds is 2. The van der Waals surface area contributed by atoms with Gasteiger partial charge in [-0.2, -0.15) is 5.90 Å². The Bertz CT molecular complexity index is 378. The van der Waals surface area contributed by atoms with Gasteiger partial charge in [0.05, 0.1) is 0 Å². The Morgan fingerprint density at radius 3 is 3.07 bits per heavy atom. The Morgan fingerprint density at radius 1 is 1.60 bits per heavy atom. The SMILES string of the molecule is NOc1ccnc2c1CC(C(N)=O)CC2. The molecule has 1 amide bonds. The lowest BCUT2D eigenvalue weighted by molar-refractivity contribution is -0.122. The number of nitrogens with two attached hydrogens (primary N) is 2. The topological polar surface area (TPSA) is 91.2 Å². The fourth-order valence-electron chi connectivity index (χ4n) is 1.96. The van der Waals surface area contributed by atoms with Gasteiger partial charge in [-0.05, 0) is 19.3 Å². The van der Waals surface area contributed by atoms with Crippen LogP contribution in [0.15, 0.2) is 12.3 Å². The Kier molecular flexibility index (Phi) is 2.55. The van der Waals surface area contributed by atoms with E-state index in [0.717, 1.165) is 24.1 Å². The Balaban J connectivity index is 2.34. The van der Waals surface area contributed by atoms with Gasteiger partial charge in [0.15, 0.2) is 5.75 Å². The van der Waals surface area contributed by atoms with Crippen LogP contribution < -0.4 is 16.5 Å². The minimum absolute atomic E-state index is 0.129. The van der Waals surface area contributed by atoms with Crippen LogP contribution in [0.2, 0.25) is 0 Å². The third-order valence-electron chi connectivity index (χ3n) is 2.81. The molecule has 2 rings (SSSR count). The number of fused-ring (bicyclic) bond motifs is 1. The third-order valence-corrected chi connectivity index (χ3v) is 2.81. The molecule has 0 spiro atoms. The summed E-state index contributed by atoms with van der Waals surface area (Å²) in [4.78, 5) is 20.1. The van der Waals surface area contributed by atoms with Gasteiger partial charge in [-0.3, -0.25) is 9.78 Å². The smallest absolute Gasteiger partial charge is 0.220 e. The summed E-state index contributed by atoms with van der Waals surface area (Å²) in [6, 6.07) is 1.70. The molecule has 0 saturated heterocycles. The van der Waals surface area contributed by atoms with Crippen LogP contribution >= 0.6 is 0 Å². The molecule has 1 aliphatic rings. The Morgan fingerprint density at radius 2 is 2.40 bits per heavy atom. The molecule has 1 aliphatic carbocycles. The average Bonchev–Trinajstić information content (AvgIpc) is 2.27. The van der Waals surface area contributed by atoms with Crippen LogP contribution in [-0.4, -0.2) is 10.9 Å². The van der Waals surface area contributed by atoms with Crippen molar-refractivity contribution in [3.05, 3.63) is 23.5 Å². The van der Waals surface area contributed by atoms with E-state index in [1.54, 1.807) is 12.3 Å². The quantitative estimate of drug-likeness (QED) is 0.664. The number of aryl methyl sites for hydroxylation is 1. The fraction of sp³-hybridized carbons (Fsp3) is 0.400. The van der Waals surface area contributed by atoms with Gasteiger partial charge >= 0.3 is 0 Å². The van der Waals surface area contributed by atoms with Gasteiger partial charge in [-0.1, -0.05) is 0 Å². The summed E-state index contributed by atoms with van der Waals surface area (Å²) in [6.45, 7) is 0. The van der Waals surface area contributed by atoms with Gasteiger partial charge in [0.25, 0.3) is 0 Å². The number of aromatic nitrogens is 1. The van der Waals surface area contributed by atoms with Crippen LogP contribution in [0.5, 0.6) is 5.75 Å². The van der Waals surface area contributed by atoms with Crippen LogP contribution in [0.3, 0.4) is 0 Å². The van der Waals surface area contributed by atoms with Gasteiger partial charge < -0.3 is 10.6 Å². The summed E-state index contributed by atoms with van der Waals surface area (Å²) < 4.78 is 0. The molecule has 1 aromatic rings. The zero-order valence-electron chi connectivity index (χ0n) is 8.27. The van der Waals surface area contributed by atoms with E-state index in [2.05, 4.69) is 4.98 Å². The fourth-order valence-corrected chi connectivity index (χ4v) is 1.96. The molecule has 0 bridgehead atoms. The van der Waals surface area contributed by atoms with E-state index in [1.807, 2.05) is 0 Å². The largest absolute Gasteiger partial charge is 0.411 e. The van der Waals surface area contributed by atoms with Gasteiger partial charge in [0.1, 0.15) is 0 Å². The molecule has 0 aliphatic heterocycles. The number of carbonyl (C=O) groups is 1. The van der Waals surface area contributed by atoms with E-state index in [-0.39, 0.29) is 11.8 Å². The molecule has 0 aromatic carbocycles. The van der Waals surface area contributed by atoms with E-state index >= 15 is 0 Å². The van der Waals surface area contributed by atoms with Crippen molar-refractivity contribution in [2.45, 2.75) is 19.3 Å². The Labute approximate surface area is 87.4 Å². The highest BCUT2D eigenvalue weighted by Gasteiger charge is 2.25. The molecule has 0 fully saturated rings. The number of pyridine rings is 1. The van der Waals surface area contributed by atoms with Crippen LogP contribution in [0.1, 0.15) is 17.7 Å². The Hall–Kier alpha value is -1.62. The van der Waals surface area contributed by atoms with Gasteiger partial charge in [-0.15, -0.1) is 0 Å². The molecule has 15 heavy (non-hydrogen) atoms. The van der Waals surface area contributed by atoms with Crippen molar-refractivity contribution in [1.82, 2.24) is 4.98 Å². The maximum atomic E-state index is 11.1. The lowest BCUT2D eigenvalue weighted by Gasteiger charge is -2.22. The first-order valence-corrected chi connectivity index (χ1v) is 4.85. The van der Waals surface area contributed by atoms with Crippen LogP contribution in [0.25, 0.3) is 0 Å². The molecule has 1 aromatic heterocycles. The van der Waals surface area contributed by atoms with Gasteiger partial charge in [0.2, 0.25) is 5.91 Å². The van der Waals surface area contributed by atoms with Crippen molar-refractivity contribution >= 4 is 5.91 Å². The number of primary amides is 1. The molecule has 80 valence electrons. The molecule has 5 heteroatoms. The summed E-state index contributed by atoms with van der Waals surface area (Å²) in [6.07, 6.45) is 3.74. The van der Waals surface area contributed by atoms with Crippen LogP contribution in [-0.2, 0) is 17.6 Å². The lowest BCUT2D eigenvalue weighted by Crippen LogP contribution is -2.29. The molecule has 1 heterocycles. The van der Waals surface area contributed by atoms with Gasteiger partial charge in [0, 0.05) is 29.4 Å². The van der Waals surface area contributed by atoms with E-state index in [9.17, 15) is 4.79 Å². The molecular formula is C10H13N3O2. The number of hydrogen-bond acceptors (Lipinski definition) is 4. The maximum absolute atomic E-state index is 11.1. The zero-order chi connectivity index (χ0) is 10.8. The minimum Gasteiger partial charge on any atom is -0.411 e. The highest BCUT2D eigenvalue weighted by molar-refractivity contribution is 5.77. The average molecular weight is 207 g/mol.